The van der Waals surface area contributed by atoms with Crippen LogP contribution in [0.4, 0.5) is 0 Å². The van der Waals surface area contributed by atoms with Crippen LogP contribution in [0, 0.1) is 0 Å². The molecule has 0 aliphatic carbocycles. The summed E-state index contributed by atoms with van der Waals surface area (Å²) < 4.78 is 8.36. The first kappa shape index (κ1) is 17.6. The van der Waals surface area contributed by atoms with Crippen LogP contribution in [-0.4, -0.2) is 24.7 Å². The summed E-state index contributed by atoms with van der Waals surface area (Å²) >= 11 is 0.194. The Morgan fingerprint density at radius 2 is 1.25 bits per heavy atom. The SMILES string of the molecule is [Cd+2].[O-2].[O]=[Bi+]. The molecule has 0 aliphatic rings. The molecule has 0 aromatic carbocycles. The van der Waals surface area contributed by atoms with Crippen LogP contribution in [0.5, 0.6) is 0 Å². The standard InChI is InChI=1S/Bi.Cd.2O/q+1;+2;;-2. The molecule has 4 heteroatoms. The normalized spacial score (nSPS) is 1.00. The molecule has 0 N–H and O–H groups in total. The monoisotopic (exact) mass is 355 g/mol. The molecule has 0 aromatic heterocycles. The zero-order chi connectivity index (χ0) is 2.00. The van der Waals surface area contributed by atoms with Crippen LogP contribution < -0.4 is 0 Å². The molecule has 0 rings (SSSR count). The summed E-state index contributed by atoms with van der Waals surface area (Å²) in [5.41, 5.74) is 0. The molecule has 0 amide bonds. The molecule has 0 saturated heterocycles. The minimum atomic E-state index is 0. The van der Waals surface area contributed by atoms with Crippen LogP contribution in [0.25, 0.3) is 0 Å². The molecule has 0 aliphatic heterocycles. The van der Waals surface area contributed by atoms with E-state index in [9.17, 15) is 0 Å². The first-order valence-corrected chi connectivity index (χ1v) is 1.60. The molecule has 18 valence electrons. The Labute approximate surface area is 59.7 Å². The van der Waals surface area contributed by atoms with E-state index < -0.39 is 0 Å². The summed E-state index contributed by atoms with van der Waals surface area (Å²) in [6, 6.07) is 0. The van der Waals surface area contributed by atoms with Crippen molar-refractivity contribution < 1.29 is 35.6 Å². The van der Waals surface area contributed by atoms with E-state index in [2.05, 4.69) is 0 Å². The maximum absolute atomic E-state index is 8.36. The third-order valence-electron chi connectivity index (χ3n) is 0. The number of hydrogen-bond donors (Lipinski definition) is 0. The molecule has 0 fully saturated rings. The third kappa shape index (κ3) is 9.58. The van der Waals surface area contributed by atoms with Gasteiger partial charge in [-0.1, -0.05) is 0 Å². The van der Waals surface area contributed by atoms with Gasteiger partial charge in [-0.05, 0) is 0 Å². The fraction of sp³-hybridized carbons (Fsp3) is 0. The van der Waals surface area contributed by atoms with Gasteiger partial charge < -0.3 is 5.48 Å². The molecule has 0 saturated carbocycles. The van der Waals surface area contributed by atoms with Gasteiger partial charge in [-0.2, -0.15) is 0 Å². The van der Waals surface area contributed by atoms with Crippen molar-refractivity contribution in [3.8, 4) is 0 Å². The summed E-state index contributed by atoms with van der Waals surface area (Å²) in [5, 5.41) is 0. The van der Waals surface area contributed by atoms with E-state index in [4.69, 9.17) is 2.81 Å². The van der Waals surface area contributed by atoms with Gasteiger partial charge in [-0.25, -0.2) is 0 Å². The zero-order valence-corrected chi connectivity index (χ0v) is 9.48. The van der Waals surface area contributed by atoms with Gasteiger partial charge in [0.25, 0.3) is 0 Å². The number of rotatable bonds is 0. The van der Waals surface area contributed by atoms with E-state index in [1.165, 1.54) is 0 Å². The van der Waals surface area contributed by atoms with Crippen LogP contribution in [-0.2, 0) is 35.6 Å². The molecule has 0 spiro atoms. The molecule has 0 aromatic rings. The Morgan fingerprint density at radius 3 is 1.25 bits per heavy atom. The van der Waals surface area contributed by atoms with Gasteiger partial charge in [0.05, 0.1) is 0 Å². The Kier molecular flexibility index (Phi) is 104. The van der Waals surface area contributed by atoms with Gasteiger partial charge in [-0.15, -0.1) is 0 Å². The minimum absolute atomic E-state index is 0. The Bertz CT molecular complexity index is 6.00. The van der Waals surface area contributed by atoms with Crippen LogP contribution in [0.2, 0.25) is 0 Å². The zero-order valence-electron chi connectivity index (χ0n) is 1.97. The average Bonchev–Trinajstić information content (AvgIpc) is 1.00. The average molecular weight is 353 g/mol. The molecule has 2 nitrogen and oxygen atoms in total. The van der Waals surface area contributed by atoms with Crippen LogP contribution in [0.3, 0.4) is 0 Å². The molecule has 0 atom stereocenters. The Morgan fingerprint density at radius 1 is 1.25 bits per heavy atom. The summed E-state index contributed by atoms with van der Waals surface area (Å²) in [4.78, 5) is 0. The van der Waals surface area contributed by atoms with Crippen molar-refractivity contribution in [1.82, 2.24) is 0 Å². The second-order valence-corrected chi connectivity index (χ2v) is 0. The molecule has 0 bridgehead atoms. The summed E-state index contributed by atoms with van der Waals surface area (Å²) in [7, 11) is 0. The van der Waals surface area contributed by atoms with Crippen LogP contribution in [0.15, 0.2) is 0 Å². The third-order valence-corrected chi connectivity index (χ3v) is 0. The first-order chi connectivity index (χ1) is 1.00. The quantitative estimate of drug-likeness (QED) is 0.536. The van der Waals surface area contributed by atoms with Crippen molar-refractivity contribution in [1.29, 1.82) is 0 Å². The Hall–Kier alpha value is 1.57. The van der Waals surface area contributed by atoms with E-state index in [1.54, 1.807) is 0 Å². The van der Waals surface area contributed by atoms with E-state index >= 15 is 0 Å². The van der Waals surface area contributed by atoms with Crippen molar-refractivity contribution in [2.75, 3.05) is 0 Å². The van der Waals surface area contributed by atoms with Gasteiger partial charge in [0.2, 0.25) is 0 Å². The summed E-state index contributed by atoms with van der Waals surface area (Å²) in [6.45, 7) is 0. The number of hydrogen-bond acceptors (Lipinski definition) is 1. The molecule has 4 heavy (non-hydrogen) atoms. The van der Waals surface area contributed by atoms with Crippen molar-refractivity contribution in [3.63, 3.8) is 0 Å². The van der Waals surface area contributed by atoms with Gasteiger partial charge >= 0.3 is 54.8 Å². The van der Waals surface area contributed by atoms with Crippen molar-refractivity contribution in [3.05, 3.63) is 0 Å². The summed E-state index contributed by atoms with van der Waals surface area (Å²) in [5.74, 6) is 0. The van der Waals surface area contributed by atoms with E-state index in [-0.39, 0.29) is 57.5 Å². The summed E-state index contributed by atoms with van der Waals surface area (Å²) in [6.07, 6.45) is 0. The second-order valence-electron chi connectivity index (χ2n) is 0. The fourth-order valence-corrected chi connectivity index (χ4v) is 0. The molecule has 0 heterocycles. The second kappa shape index (κ2) is 23.7. The van der Waals surface area contributed by atoms with E-state index in [0.29, 0.717) is 0 Å². The fourth-order valence-electron chi connectivity index (χ4n) is 0. The van der Waals surface area contributed by atoms with E-state index in [0.717, 1.165) is 0 Å². The first-order valence-electron chi connectivity index (χ1n) is 0.183. The van der Waals surface area contributed by atoms with Gasteiger partial charge in [0.1, 0.15) is 0 Å². The van der Waals surface area contributed by atoms with Gasteiger partial charge in [0, 0.05) is 0 Å². The van der Waals surface area contributed by atoms with Crippen molar-refractivity contribution >= 4 is 24.7 Å². The van der Waals surface area contributed by atoms with Crippen molar-refractivity contribution in [2.24, 2.45) is 0 Å². The topological polar surface area (TPSA) is 45.6 Å². The van der Waals surface area contributed by atoms with Crippen molar-refractivity contribution in [2.45, 2.75) is 0 Å². The maximum atomic E-state index is 8.36. The van der Waals surface area contributed by atoms with Crippen LogP contribution in [0.1, 0.15) is 0 Å². The molecule has 0 unspecified atom stereocenters. The van der Waals surface area contributed by atoms with Crippen LogP contribution >= 0.6 is 0 Å². The van der Waals surface area contributed by atoms with Gasteiger partial charge in [0.15, 0.2) is 0 Å². The predicted molar refractivity (Wildman–Crippen MR) is 7.13 cm³/mol. The van der Waals surface area contributed by atoms with Gasteiger partial charge in [-0.3, -0.25) is 0 Å². The molecular weight excluding hydrogens is 353 g/mol. The Balaban J connectivity index is -0.00000000500. The molecule has 2 radical (unpaired) electrons. The van der Waals surface area contributed by atoms with E-state index in [1.807, 2.05) is 0 Å². The predicted octanol–water partition coefficient (Wildman–Crippen LogP) is -0.621. The molecular formula is BiCdO2+.